The first-order valence-corrected chi connectivity index (χ1v) is 11.5. The number of hydrogen-bond donors (Lipinski definition) is 1. The second-order valence-electron chi connectivity index (χ2n) is 9.66. The number of aliphatic carboxylic acids is 1. The van der Waals surface area contributed by atoms with Crippen molar-refractivity contribution in [3.05, 3.63) is 64.6 Å². The second-order valence-corrected chi connectivity index (χ2v) is 9.66. The summed E-state index contributed by atoms with van der Waals surface area (Å²) in [4.78, 5) is 38.0. The Morgan fingerprint density at radius 2 is 1.68 bits per heavy atom. The summed E-state index contributed by atoms with van der Waals surface area (Å²) in [7, 11) is 0. The number of hydrogen-bond acceptors (Lipinski definition) is 5. The van der Waals surface area contributed by atoms with Crippen LogP contribution in [-0.4, -0.2) is 35.1 Å². The smallest absolute Gasteiger partial charge is 0.303 e. The van der Waals surface area contributed by atoms with Gasteiger partial charge in [-0.2, -0.15) is 0 Å². The summed E-state index contributed by atoms with van der Waals surface area (Å²) < 4.78 is 10.6. The van der Waals surface area contributed by atoms with Crippen molar-refractivity contribution in [1.82, 2.24) is 0 Å². The quantitative estimate of drug-likeness (QED) is 0.411. The van der Waals surface area contributed by atoms with Crippen molar-refractivity contribution in [3.63, 3.8) is 0 Å². The standard InChI is InChI=1S/C27H28NO6/c1-16(2)24(25(28)26(32)17-7-8-21-22(11-17)34-15-33-21)20(29)14-27(10-9-23(30)31)12-18-5-3-4-6-19(18)13-27/h3-8,11,16,24H,9-10,12-15H2,1-2H3,(H,30,31)/q-1. The van der Waals surface area contributed by atoms with Gasteiger partial charge in [-0.25, -0.2) is 0 Å². The molecule has 0 aromatic heterocycles. The Bertz CT molecular complexity index is 1130. The molecule has 178 valence electrons. The zero-order valence-corrected chi connectivity index (χ0v) is 19.4. The minimum Gasteiger partial charge on any atom is -0.804 e. The normalized spacial score (nSPS) is 16.2. The van der Waals surface area contributed by atoms with Gasteiger partial charge in [0.25, 0.3) is 0 Å². The fourth-order valence-electron chi connectivity index (χ4n) is 5.18. The molecular formula is C27H28NO6-. The molecule has 1 unspecified atom stereocenters. The van der Waals surface area contributed by atoms with E-state index in [4.69, 9.17) is 9.47 Å². The highest BCUT2D eigenvalue weighted by atomic mass is 16.7. The number of carboxylic acids is 1. The van der Waals surface area contributed by atoms with Crippen molar-refractivity contribution in [3.8, 4) is 11.5 Å². The van der Waals surface area contributed by atoms with Crippen molar-refractivity contribution in [1.29, 1.82) is 0 Å². The van der Waals surface area contributed by atoms with Gasteiger partial charge in [0.1, 0.15) is 5.78 Å². The number of carboxylic acid groups (broad SMARTS) is 1. The van der Waals surface area contributed by atoms with E-state index in [1.807, 2.05) is 24.3 Å². The number of carbonyl (C=O) groups is 3. The molecule has 0 bridgehead atoms. The summed E-state index contributed by atoms with van der Waals surface area (Å²) in [6.07, 6.45) is 1.61. The molecule has 1 aliphatic carbocycles. The summed E-state index contributed by atoms with van der Waals surface area (Å²) >= 11 is 0. The molecule has 2 aromatic rings. The zero-order chi connectivity index (χ0) is 24.5. The fraction of sp³-hybridized carbons (Fsp3) is 0.407. The van der Waals surface area contributed by atoms with Crippen molar-refractivity contribution in [2.45, 2.75) is 46.0 Å². The summed E-state index contributed by atoms with van der Waals surface area (Å²) in [5, 5.41) is 20.2. The van der Waals surface area contributed by atoms with E-state index < -0.39 is 28.8 Å². The first-order valence-electron chi connectivity index (χ1n) is 11.5. The first-order chi connectivity index (χ1) is 16.2. The van der Waals surface area contributed by atoms with Crippen LogP contribution in [0, 0.1) is 17.3 Å². The molecule has 1 heterocycles. The maximum atomic E-state index is 13.6. The molecule has 2 aromatic carbocycles. The molecule has 4 rings (SSSR count). The maximum Gasteiger partial charge on any atom is 0.303 e. The van der Waals surface area contributed by atoms with Gasteiger partial charge in [0.15, 0.2) is 17.3 Å². The van der Waals surface area contributed by atoms with E-state index in [2.05, 4.69) is 0 Å². The molecule has 0 spiro atoms. The lowest BCUT2D eigenvalue weighted by Crippen LogP contribution is -2.37. The first kappa shape index (κ1) is 23.7. The number of Topliss-reactive ketones (excluding diaryl/α,β-unsaturated/α-hetero) is 2. The van der Waals surface area contributed by atoms with Crippen LogP contribution in [0.25, 0.3) is 5.41 Å². The van der Waals surface area contributed by atoms with Gasteiger partial charge in [0.2, 0.25) is 6.79 Å². The zero-order valence-electron chi connectivity index (χ0n) is 19.4. The molecule has 2 aliphatic rings. The van der Waals surface area contributed by atoms with Crippen molar-refractivity contribution < 1.29 is 29.0 Å². The number of ether oxygens (including phenoxy) is 2. The van der Waals surface area contributed by atoms with Gasteiger partial charge in [-0.1, -0.05) is 38.1 Å². The van der Waals surface area contributed by atoms with E-state index in [0.29, 0.717) is 30.8 Å². The number of ketones is 2. The maximum absolute atomic E-state index is 13.6. The monoisotopic (exact) mass is 462 g/mol. The van der Waals surface area contributed by atoms with Crippen LogP contribution in [0.15, 0.2) is 42.5 Å². The molecule has 0 fully saturated rings. The van der Waals surface area contributed by atoms with E-state index in [1.165, 1.54) is 12.1 Å². The fourth-order valence-corrected chi connectivity index (χ4v) is 5.18. The van der Waals surface area contributed by atoms with Gasteiger partial charge in [0, 0.05) is 24.3 Å². The highest BCUT2D eigenvalue weighted by molar-refractivity contribution is 6.50. The second kappa shape index (κ2) is 9.41. The Kier molecular flexibility index (Phi) is 6.55. The minimum absolute atomic E-state index is 0.0422. The molecular weight excluding hydrogens is 434 g/mol. The minimum atomic E-state index is -0.983. The van der Waals surface area contributed by atoms with Crippen LogP contribution in [0.5, 0.6) is 11.5 Å². The molecule has 1 aliphatic heterocycles. The summed E-state index contributed by atoms with van der Waals surface area (Å²) in [6, 6.07) is 12.5. The molecule has 1 atom stereocenters. The lowest BCUT2D eigenvalue weighted by molar-refractivity contribution is -0.138. The SMILES string of the molecule is CC(C)C(C(=[N-])C(=O)c1ccc2c(c1)OCO2)C(=O)CC1(CCC(=O)O)Cc2ccccc2C1. The number of rotatable bonds is 10. The lowest BCUT2D eigenvalue weighted by Gasteiger charge is -2.33. The van der Waals surface area contributed by atoms with Gasteiger partial charge < -0.3 is 20.0 Å². The molecule has 0 saturated heterocycles. The van der Waals surface area contributed by atoms with Crippen LogP contribution in [0.3, 0.4) is 0 Å². The number of fused-ring (bicyclic) bond motifs is 2. The van der Waals surface area contributed by atoms with Crippen molar-refractivity contribution >= 4 is 23.2 Å². The number of benzene rings is 2. The van der Waals surface area contributed by atoms with Gasteiger partial charge in [-0.3, -0.25) is 14.4 Å². The molecule has 1 N–H and O–H groups in total. The molecule has 7 heteroatoms. The molecule has 0 amide bonds. The highest BCUT2D eigenvalue weighted by Gasteiger charge is 2.41. The van der Waals surface area contributed by atoms with Crippen LogP contribution in [-0.2, 0) is 22.4 Å². The predicted molar refractivity (Wildman–Crippen MR) is 126 cm³/mol. The molecule has 0 radical (unpaired) electrons. The average molecular weight is 463 g/mol. The Hall–Kier alpha value is -3.48. The summed E-state index contributed by atoms with van der Waals surface area (Å²) in [5.41, 5.74) is 1.41. The summed E-state index contributed by atoms with van der Waals surface area (Å²) in [6.45, 7) is 3.65. The van der Waals surface area contributed by atoms with Gasteiger partial charge in [0.05, 0.1) is 0 Å². The van der Waals surface area contributed by atoms with E-state index in [-0.39, 0.29) is 36.9 Å². The third kappa shape index (κ3) is 4.74. The van der Waals surface area contributed by atoms with E-state index in [9.17, 15) is 24.9 Å². The number of carbonyl (C=O) groups excluding carboxylic acids is 2. The van der Waals surface area contributed by atoms with Crippen LogP contribution in [0.2, 0.25) is 0 Å². The Morgan fingerprint density at radius 3 is 2.29 bits per heavy atom. The lowest BCUT2D eigenvalue weighted by atomic mass is 9.71. The third-order valence-corrected chi connectivity index (χ3v) is 6.84. The topological polar surface area (TPSA) is 112 Å². The van der Waals surface area contributed by atoms with E-state index in [1.54, 1.807) is 19.9 Å². The molecule has 0 saturated carbocycles. The molecule has 7 nitrogen and oxygen atoms in total. The Balaban J connectivity index is 1.56. The van der Waals surface area contributed by atoms with Crippen LogP contribution in [0.1, 0.15) is 54.6 Å². The Morgan fingerprint density at radius 1 is 1.03 bits per heavy atom. The van der Waals surface area contributed by atoms with Crippen molar-refractivity contribution in [2.24, 2.45) is 17.3 Å². The van der Waals surface area contributed by atoms with Crippen LogP contribution >= 0.6 is 0 Å². The Labute approximate surface area is 198 Å². The van der Waals surface area contributed by atoms with Gasteiger partial charge >= 0.3 is 5.97 Å². The predicted octanol–water partition coefficient (Wildman–Crippen LogP) is 4.49. The largest absolute Gasteiger partial charge is 0.804 e. The van der Waals surface area contributed by atoms with Crippen LogP contribution < -0.4 is 9.47 Å². The van der Waals surface area contributed by atoms with E-state index in [0.717, 1.165) is 11.1 Å². The van der Waals surface area contributed by atoms with Gasteiger partial charge in [-0.05, 0) is 59.9 Å². The molecule has 34 heavy (non-hydrogen) atoms. The van der Waals surface area contributed by atoms with Crippen molar-refractivity contribution in [2.75, 3.05) is 6.79 Å². The average Bonchev–Trinajstić information content (AvgIpc) is 3.40. The van der Waals surface area contributed by atoms with E-state index >= 15 is 0 Å². The number of nitrogens with zero attached hydrogens (tertiary/aromatic N) is 1. The third-order valence-electron chi connectivity index (χ3n) is 6.84. The summed E-state index contributed by atoms with van der Waals surface area (Å²) in [5.74, 6) is -2.14. The van der Waals surface area contributed by atoms with Gasteiger partial charge in [-0.15, -0.1) is 5.71 Å². The van der Waals surface area contributed by atoms with Crippen LogP contribution in [0.4, 0.5) is 0 Å². The highest BCUT2D eigenvalue weighted by Crippen LogP contribution is 2.44.